The fourth-order valence-corrected chi connectivity index (χ4v) is 2.63. The van der Waals surface area contributed by atoms with E-state index in [0.29, 0.717) is 17.8 Å². The standard InChI is InChI=1S/C17H19BrN2O/c1-11-4-5-13(12(2)8-11)10-20(3)17(21)15-9-14(18)6-7-16(15)19/h4-9H,10,19H2,1-3H3. The van der Waals surface area contributed by atoms with E-state index in [1.165, 1.54) is 11.1 Å². The zero-order chi connectivity index (χ0) is 15.6. The first-order valence-corrected chi connectivity index (χ1v) is 7.54. The second-order valence-electron chi connectivity index (χ2n) is 5.32. The van der Waals surface area contributed by atoms with E-state index in [4.69, 9.17) is 5.73 Å². The number of carbonyl (C=O) groups is 1. The van der Waals surface area contributed by atoms with E-state index in [2.05, 4.69) is 48.0 Å². The molecule has 0 aliphatic rings. The van der Waals surface area contributed by atoms with Gasteiger partial charge in [0, 0.05) is 23.8 Å². The lowest BCUT2D eigenvalue weighted by Gasteiger charge is -2.20. The molecule has 2 rings (SSSR count). The second kappa shape index (κ2) is 6.31. The Morgan fingerprint density at radius 1 is 1.19 bits per heavy atom. The number of halogens is 1. The van der Waals surface area contributed by atoms with E-state index in [-0.39, 0.29) is 5.91 Å². The predicted molar refractivity (Wildman–Crippen MR) is 90.3 cm³/mol. The van der Waals surface area contributed by atoms with Gasteiger partial charge in [-0.15, -0.1) is 0 Å². The molecule has 4 heteroatoms. The van der Waals surface area contributed by atoms with Gasteiger partial charge in [0.15, 0.2) is 0 Å². The van der Waals surface area contributed by atoms with E-state index in [1.54, 1.807) is 24.1 Å². The summed E-state index contributed by atoms with van der Waals surface area (Å²) in [5.41, 5.74) is 10.5. The van der Waals surface area contributed by atoms with Crippen molar-refractivity contribution >= 4 is 27.5 Å². The summed E-state index contributed by atoms with van der Waals surface area (Å²) in [6, 6.07) is 11.6. The first-order valence-electron chi connectivity index (χ1n) is 6.75. The number of rotatable bonds is 3. The minimum Gasteiger partial charge on any atom is -0.398 e. The van der Waals surface area contributed by atoms with Gasteiger partial charge in [-0.05, 0) is 43.2 Å². The van der Waals surface area contributed by atoms with Gasteiger partial charge in [-0.25, -0.2) is 0 Å². The average Bonchev–Trinajstić information content (AvgIpc) is 2.43. The number of nitrogens with two attached hydrogens (primary N) is 1. The van der Waals surface area contributed by atoms with Crippen molar-refractivity contribution in [3.63, 3.8) is 0 Å². The highest BCUT2D eigenvalue weighted by Gasteiger charge is 2.16. The van der Waals surface area contributed by atoms with Gasteiger partial charge < -0.3 is 10.6 Å². The molecule has 0 bridgehead atoms. The summed E-state index contributed by atoms with van der Waals surface area (Å²) in [5.74, 6) is -0.0752. The Morgan fingerprint density at radius 2 is 1.90 bits per heavy atom. The normalized spacial score (nSPS) is 10.5. The topological polar surface area (TPSA) is 46.3 Å². The van der Waals surface area contributed by atoms with Crippen LogP contribution in [0.5, 0.6) is 0 Å². The van der Waals surface area contributed by atoms with Gasteiger partial charge in [0.1, 0.15) is 0 Å². The highest BCUT2D eigenvalue weighted by Crippen LogP contribution is 2.21. The summed E-state index contributed by atoms with van der Waals surface area (Å²) in [6.07, 6.45) is 0. The molecular formula is C17H19BrN2O. The van der Waals surface area contributed by atoms with Gasteiger partial charge in [0.25, 0.3) is 5.91 Å². The van der Waals surface area contributed by atoms with Crippen molar-refractivity contribution < 1.29 is 4.79 Å². The molecule has 0 unspecified atom stereocenters. The summed E-state index contributed by atoms with van der Waals surface area (Å²) in [7, 11) is 1.79. The van der Waals surface area contributed by atoms with Crippen molar-refractivity contribution in [2.24, 2.45) is 0 Å². The van der Waals surface area contributed by atoms with Crippen molar-refractivity contribution in [3.05, 3.63) is 63.1 Å². The van der Waals surface area contributed by atoms with Crippen LogP contribution >= 0.6 is 15.9 Å². The monoisotopic (exact) mass is 346 g/mol. The number of hydrogen-bond acceptors (Lipinski definition) is 2. The molecule has 2 N–H and O–H groups in total. The van der Waals surface area contributed by atoms with Crippen LogP contribution in [0.1, 0.15) is 27.0 Å². The molecule has 0 aliphatic heterocycles. The quantitative estimate of drug-likeness (QED) is 0.856. The molecule has 0 spiro atoms. The lowest BCUT2D eigenvalue weighted by molar-refractivity contribution is 0.0786. The summed E-state index contributed by atoms with van der Waals surface area (Å²) in [6.45, 7) is 4.69. The molecule has 0 atom stereocenters. The number of nitrogens with zero attached hydrogens (tertiary/aromatic N) is 1. The number of benzene rings is 2. The third-order valence-electron chi connectivity index (χ3n) is 3.50. The van der Waals surface area contributed by atoms with Gasteiger partial charge in [-0.3, -0.25) is 4.79 Å². The van der Waals surface area contributed by atoms with Gasteiger partial charge in [-0.1, -0.05) is 39.7 Å². The smallest absolute Gasteiger partial charge is 0.256 e. The maximum Gasteiger partial charge on any atom is 0.256 e. The number of nitrogen functional groups attached to an aromatic ring is 1. The van der Waals surface area contributed by atoms with E-state index in [0.717, 1.165) is 10.0 Å². The van der Waals surface area contributed by atoms with Gasteiger partial charge >= 0.3 is 0 Å². The Hall–Kier alpha value is -1.81. The minimum atomic E-state index is -0.0752. The number of anilines is 1. The van der Waals surface area contributed by atoms with Crippen LogP contribution < -0.4 is 5.73 Å². The molecule has 0 radical (unpaired) electrons. The summed E-state index contributed by atoms with van der Waals surface area (Å²) < 4.78 is 0.847. The highest BCUT2D eigenvalue weighted by atomic mass is 79.9. The van der Waals surface area contributed by atoms with Crippen molar-refractivity contribution in [3.8, 4) is 0 Å². The first kappa shape index (κ1) is 15.6. The Labute approximate surface area is 133 Å². The van der Waals surface area contributed by atoms with E-state index < -0.39 is 0 Å². The fourth-order valence-electron chi connectivity index (χ4n) is 2.27. The third-order valence-corrected chi connectivity index (χ3v) is 3.99. The molecule has 110 valence electrons. The van der Waals surface area contributed by atoms with Crippen LogP contribution in [0, 0.1) is 13.8 Å². The molecule has 3 nitrogen and oxygen atoms in total. The zero-order valence-corrected chi connectivity index (χ0v) is 14.1. The van der Waals surface area contributed by atoms with Gasteiger partial charge in [0.05, 0.1) is 5.56 Å². The minimum absolute atomic E-state index is 0.0752. The van der Waals surface area contributed by atoms with Crippen LogP contribution in [0.3, 0.4) is 0 Å². The Morgan fingerprint density at radius 3 is 2.57 bits per heavy atom. The zero-order valence-electron chi connectivity index (χ0n) is 12.5. The van der Waals surface area contributed by atoms with Crippen LogP contribution in [0.25, 0.3) is 0 Å². The molecule has 2 aromatic rings. The molecule has 0 heterocycles. The van der Waals surface area contributed by atoms with E-state index >= 15 is 0 Å². The molecule has 0 saturated heterocycles. The fraction of sp³-hybridized carbons (Fsp3) is 0.235. The van der Waals surface area contributed by atoms with Crippen LogP contribution in [0.15, 0.2) is 40.9 Å². The van der Waals surface area contributed by atoms with Crippen molar-refractivity contribution in [1.29, 1.82) is 0 Å². The van der Waals surface area contributed by atoms with Crippen molar-refractivity contribution in [1.82, 2.24) is 4.90 Å². The Bertz CT molecular complexity index is 682. The molecule has 1 amide bonds. The molecule has 0 aromatic heterocycles. The summed E-state index contributed by atoms with van der Waals surface area (Å²) in [5, 5.41) is 0. The van der Waals surface area contributed by atoms with Gasteiger partial charge in [-0.2, -0.15) is 0 Å². The van der Waals surface area contributed by atoms with Crippen molar-refractivity contribution in [2.45, 2.75) is 20.4 Å². The predicted octanol–water partition coefficient (Wildman–Crippen LogP) is 3.92. The van der Waals surface area contributed by atoms with Crippen LogP contribution in [0.2, 0.25) is 0 Å². The SMILES string of the molecule is Cc1ccc(CN(C)C(=O)c2cc(Br)ccc2N)c(C)c1. The molecule has 2 aromatic carbocycles. The Kier molecular flexibility index (Phi) is 4.68. The van der Waals surface area contributed by atoms with Crippen molar-refractivity contribution in [2.75, 3.05) is 12.8 Å². The summed E-state index contributed by atoms with van der Waals surface area (Å²) in [4.78, 5) is 14.2. The number of hydrogen-bond donors (Lipinski definition) is 1. The van der Waals surface area contributed by atoms with E-state index in [9.17, 15) is 4.79 Å². The molecule has 21 heavy (non-hydrogen) atoms. The third kappa shape index (κ3) is 3.64. The molecular weight excluding hydrogens is 328 g/mol. The molecule has 0 fully saturated rings. The number of amides is 1. The maximum absolute atomic E-state index is 12.5. The lowest BCUT2D eigenvalue weighted by atomic mass is 10.0. The van der Waals surface area contributed by atoms with Crippen LogP contribution in [-0.2, 0) is 6.54 Å². The van der Waals surface area contributed by atoms with Crippen LogP contribution in [-0.4, -0.2) is 17.9 Å². The van der Waals surface area contributed by atoms with Crippen LogP contribution in [0.4, 0.5) is 5.69 Å². The lowest BCUT2D eigenvalue weighted by Crippen LogP contribution is -2.27. The van der Waals surface area contributed by atoms with E-state index in [1.807, 2.05) is 6.07 Å². The molecule has 0 aliphatic carbocycles. The molecule has 0 saturated carbocycles. The summed E-state index contributed by atoms with van der Waals surface area (Å²) >= 11 is 3.37. The number of carbonyl (C=O) groups excluding carboxylic acids is 1. The maximum atomic E-state index is 12.5. The highest BCUT2D eigenvalue weighted by molar-refractivity contribution is 9.10. The first-order chi connectivity index (χ1) is 9.88. The average molecular weight is 347 g/mol. The second-order valence-corrected chi connectivity index (χ2v) is 6.24. The van der Waals surface area contributed by atoms with Gasteiger partial charge in [0.2, 0.25) is 0 Å². The largest absolute Gasteiger partial charge is 0.398 e. The number of aryl methyl sites for hydroxylation is 2. The Balaban J connectivity index is 2.21.